The lowest BCUT2D eigenvalue weighted by atomic mass is 9.96. The van der Waals surface area contributed by atoms with Gasteiger partial charge in [0.25, 0.3) is 0 Å². The molecule has 6 heteroatoms. The SMILES string of the molecule is C[C@@](CCC[NH3+])(NC(=O)OCC1c2ccccc2-c2ccccc21)C(=O)O. The first-order valence-electron chi connectivity index (χ1n) is 9.12. The van der Waals surface area contributed by atoms with E-state index in [-0.39, 0.29) is 12.5 Å². The molecule has 142 valence electrons. The number of carbonyl (C=O) groups is 2. The smallest absolute Gasteiger partial charge is 0.408 e. The summed E-state index contributed by atoms with van der Waals surface area (Å²) in [6.45, 7) is 2.26. The first-order chi connectivity index (χ1) is 13.0. The van der Waals surface area contributed by atoms with E-state index in [1.165, 1.54) is 6.92 Å². The number of carboxylic acid groups (broad SMARTS) is 1. The first kappa shape index (κ1) is 18.9. The molecule has 0 heterocycles. The van der Waals surface area contributed by atoms with Gasteiger partial charge in [-0.25, -0.2) is 9.59 Å². The van der Waals surface area contributed by atoms with Gasteiger partial charge in [0, 0.05) is 5.92 Å². The normalized spacial score (nSPS) is 14.7. The fraction of sp³-hybridized carbons (Fsp3) is 0.333. The fourth-order valence-corrected chi connectivity index (χ4v) is 3.56. The van der Waals surface area contributed by atoms with Crippen LogP contribution in [0.4, 0.5) is 4.79 Å². The van der Waals surface area contributed by atoms with Gasteiger partial charge < -0.3 is 20.9 Å². The van der Waals surface area contributed by atoms with Crippen molar-refractivity contribution in [2.24, 2.45) is 0 Å². The van der Waals surface area contributed by atoms with Crippen LogP contribution in [0.25, 0.3) is 11.1 Å². The summed E-state index contributed by atoms with van der Waals surface area (Å²) < 4.78 is 5.44. The van der Waals surface area contributed by atoms with Crippen LogP contribution < -0.4 is 11.1 Å². The number of alkyl carbamates (subject to hydrolysis) is 1. The molecule has 0 bridgehead atoms. The Kier molecular flexibility index (Phi) is 5.46. The molecule has 0 radical (unpaired) electrons. The van der Waals surface area contributed by atoms with Crippen LogP contribution in [0.5, 0.6) is 0 Å². The van der Waals surface area contributed by atoms with Crippen LogP contribution in [-0.4, -0.2) is 35.9 Å². The van der Waals surface area contributed by atoms with Gasteiger partial charge in [0.05, 0.1) is 6.54 Å². The Morgan fingerprint density at radius 3 is 2.19 bits per heavy atom. The Balaban J connectivity index is 1.71. The number of carbonyl (C=O) groups excluding carboxylic acids is 1. The lowest BCUT2D eigenvalue weighted by molar-refractivity contribution is -0.368. The van der Waals surface area contributed by atoms with Crippen LogP contribution in [-0.2, 0) is 9.53 Å². The average molecular weight is 369 g/mol. The number of hydrogen-bond acceptors (Lipinski definition) is 3. The van der Waals surface area contributed by atoms with E-state index in [4.69, 9.17) is 4.74 Å². The molecule has 2 aromatic carbocycles. The Bertz CT molecular complexity index is 806. The van der Waals surface area contributed by atoms with E-state index in [1.807, 2.05) is 36.4 Å². The van der Waals surface area contributed by atoms with Crippen LogP contribution in [0.1, 0.15) is 36.8 Å². The standard InChI is InChI=1S/C21H24N2O4/c1-21(19(24)25,11-6-12-22)23-20(26)27-13-18-16-9-4-2-7-14(16)15-8-3-5-10-17(15)18/h2-5,7-10,18H,6,11-13,22H2,1H3,(H,23,26)(H,24,25)/p+1/t21-/m0/s1. The summed E-state index contributed by atoms with van der Waals surface area (Å²) in [5, 5.41) is 12.0. The predicted molar refractivity (Wildman–Crippen MR) is 101 cm³/mol. The van der Waals surface area contributed by atoms with Crippen molar-refractivity contribution >= 4 is 12.1 Å². The van der Waals surface area contributed by atoms with Gasteiger partial charge in [0.2, 0.25) is 0 Å². The molecule has 27 heavy (non-hydrogen) atoms. The molecular weight excluding hydrogens is 344 g/mol. The fourth-order valence-electron chi connectivity index (χ4n) is 3.56. The molecule has 1 aliphatic rings. The Morgan fingerprint density at radius 2 is 1.67 bits per heavy atom. The van der Waals surface area contributed by atoms with Crippen molar-refractivity contribution in [2.45, 2.75) is 31.2 Å². The third-order valence-corrected chi connectivity index (χ3v) is 5.12. The minimum Gasteiger partial charge on any atom is -0.480 e. The average Bonchev–Trinajstić information content (AvgIpc) is 2.98. The molecule has 0 spiro atoms. The third kappa shape index (κ3) is 3.80. The van der Waals surface area contributed by atoms with Crippen LogP contribution in [0, 0.1) is 0 Å². The number of carboxylic acids is 1. The maximum Gasteiger partial charge on any atom is 0.408 e. The van der Waals surface area contributed by atoms with Crippen molar-refractivity contribution in [2.75, 3.05) is 13.2 Å². The molecular formula is C21H25N2O4+. The largest absolute Gasteiger partial charge is 0.480 e. The molecule has 5 N–H and O–H groups in total. The van der Waals surface area contributed by atoms with Crippen molar-refractivity contribution in [3.05, 3.63) is 59.7 Å². The lowest BCUT2D eigenvalue weighted by Gasteiger charge is -2.25. The minimum atomic E-state index is -1.36. The second-order valence-corrected chi connectivity index (χ2v) is 7.04. The monoisotopic (exact) mass is 369 g/mol. The molecule has 2 aromatic rings. The minimum absolute atomic E-state index is 0.0564. The van der Waals surface area contributed by atoms with Crippen LogP contribution in [0.15, 0.2) is 48.5 Å². The topological polar surface area (TPSA) is 103 Å². The number of nitrogens with one attached hydrogen (secondary N) is 1. The molecule has 0 saturated heterocycles. The van der Waals surface area contributed by atoms with E-state index in [1.54, 1.807) is 0 Å². The van der Waals surface area contributed by atoms with E-state index < -0.39 is 17.6 Å². The van der Waals surface area contributed by atoms with Gasteiger partial charge in [0.1, 0.15) is 12.1 Å². The summed E-state index contributed by atoms with van der Waals surface area (Å²) in [7, 11) is 0. The summed E-state index contributed by atoms with van der Waals surface area (Å²) in [6, 6.07) is 16.1. The van der Waals surface area contributed by atoms with E-state index >= 15 is 0 Å². The number of quaternary nitrogens is 1. The zero-order valence-corrected chi connectivity index (χ0v) is 15.4. The number of aliphatic carboxylic acids is 1. The summed E-state index contributed by atoms with van der Waals surface area (Å²) in [4.78, 5) is 23.9. The van der Waals surface area contributed by atoms with Crippen molar-refractivity contribution < 1.29 is 25.2 Å². The summed E-state index contributed by atoms with van der Waals surface area (Å²) in [6.07, 6.45) is 0.188. The second-order valence-electron chi connectivity index (χ2n) is 7.04. The highest BCUT2D eigenvalue weighted by atomic mass is 16.5. The van der Waals surface area contributed by atoms with Crippen molar-refractivity contribution in [1.29, 1.82) is 0 Å². The molecule has 0 saturated carbocycles. The lowest BCUT2D eigenvalue weighted by Crippen LogP contribution is -2.55. The summed E-state index contributed by atoms with van der Waals surface area (Å²) in [5.41, 5.74) is 6.88. The molecule has 1 aliphatic carbocycles. The van der Waals surface area contributed by atoms with Crippen molar-refractivity contribution in [1.82, 2.24) is 5.32 Å². The number of hydrogen-bond donors (Lipinski definition) is 3. The van der Waals surface area contributed by atoms with Crippen molar-refractivity contribution in [3.63, 3.8) is 0 Å². The molecule has 0 aromatic heterocycles. The van der Waals surface area contributed by atoms with Crippen LogP contribution in [0.3, 0.4) is 0 Å². The Morgan fingerprint density at radius 1 is 1.11 bits per heavy atom. The summed E-state index contributed by atoms with van der Waals surface area (Å²) in [5.74, 6) is -1.14. The van der Waals surface area contributed by atoms with Gasteiger partial charge in [-0.1, -0.05) is 48.5 Å². The van der Waals surface area contributed by atoms with E-state index in [0.717, 1.165) is 22.3 Å². The molecule has 6 nitrogen and oxygen atoms in total. The second kappa shape index (κ2) is 7.80. The maximum atomic E-state index is 12.3. The number of fused-ring (bicyclic) bond motifs is 3. The third-order valence-electron chi connectivity index (χ3n) is 5.12. The van der Waals surface area contributed by atoms with Gasteiger partial charge in [-0.2, -0.15) is 0 Å². The Labute approximate surface area is 158 Å². The molecule has 0 aliphatic heterocycles. The zero-order chi connectivity index (χ0) is 19.4. The molecule has 0 fully saturated rings. The maximum absolute atomic E-state index is 12.3. The highest BCUT2D eigenvalue weighted by Crippen LogP contribution is 2.44. The number of ether oxygens (including phenoxy) is 1. The number of amides is 1. The summed E-state index contributed by atoms with van der Waals surface area (Å²) >= 11 is 0. The number of benzene rings is 2. The van der Waals surface area contributed by atoms with Crippen molar-refractivity contribution in [3.8, 4) is 11.1 Å². The van der Waals surface area contributed by atoms with Crippen LogP contribution >= 0.6 is 0 Å². The van der Waals surface area contributed by atoms with Gasteiger partial charge >= 0.3 is 12.1 Å². The van der Waals surface area contributed by atoms with E-state index in [0.29, 0.717) is 19.4 Å². The quantitative estimate of drug-likeness (QED) is 0.697. The van der Waals surface area contributed by atoms with E-state index in [2.05, 4.69) is 23.2 Å². The highest BCUT2D eigenvalue weighted by Gasteiger charge is 2.36. The van der Waals surface area contributed by atoms with Gasteiger partial charge in [-0.05, 0) is 42.0 Å². The van der Waals surface area contributed by atoms with Gasteiger partial charge in [-0.3, -0.25) is 0 Å². The highest BCUT2D eigenvalue weighted by molar-refractivity contribution is 5.84. The molecule has 0 unspecified atom stereocenters. The Hall–Kier alpha value is -2.86. The van der Waals surface area contributed by atoms with Crippen LogP contribution in [0.2, 0.25) is 0 Å². The predicted octanol–water partition coefficient (Wildman–Crippen LogP) is 2.39. The zero-order valence-electron chi connectivity index (χ0n) is 15.4. The van der Waals surface area contributed by atoms with Gasteiger partial charge in [-0.15, -0.1) is 0 Å². The molecule has 3 rings (SSSR count). The molecule has 1 atom stereocenters. The molecule has 1 amide bonds. The first-order valence-corrected chi connectivity index (χ1v) is 9.12. The van der Waals surface area contributed by atoms with E-state index in [9.17, 15) is 14.7 Å². The number of rotatable bonds is 7. The van der Waals surface area contributed by atoms with Gasteiger partial charge in [0.15, 0.2) is 0 Å².